The van der Waals surface area contributed by atoms with Gasteiger partial charge in [-0.2, -0.15) is 0 Å². The van der Waals surface area contributed by atoms with Crippen LogP contribution in [-0.4, -0.2) is 16.1 Å². The zero-order chi connectivity index (χ0) is 14.1. The number of nitrogens with zero attached hydrogens (tertiary/aromatic N) is 1. The minimum absolute atomic E-state index is 0.245. The van der Waals surface area contributed by atoms with E-state index in [1.807, 2.05) is 36.4 Å². The highest BCUT2D eigenvalue weighted by molar-refractivity contribution is 9.10. The fourth-order valence-corrected chi connectivity index (χ4v) is 2.62. The molecule has 0 amide bonds. The standard InChI is InChI=1S/C16H10BrNO2/c17-13-9-11(5-7-12(13)16(19)20)15-8-6-10-3-1-2-4-14(10)18-15/h1-9H,(H,19,20). The molecule has 0 saturated carbocycles. The first-order valence-electron chi connectivity index (χ1n) is 6.04. The molecule has 0 bridgehead atoms. The molecule has 2 aromatic carbocycles. The average molecular weight is 328 g/mol. The number of carboxylic acid groups (broad SMARTS) is 1. The molecular weight excluding hydrogens is 318 g/mol. The molecule has 3 nitrogen and oxygen atoms in total. The lowest BCUT2D eigenvalue weighted by atomic mass is 10.1. The van der Waals surface area contributed by atoms with Gasteiger partial charge in [0.25, 0.3) is 0 Å². The molecule has 4 heteroatoms. The smallest absolute Gasteiger partial charge is 0.336 e. The van der Waals surface area contributed by atoms with Crippen LogP contribution in [-0.2, 0) is 0 Å². The van der Waals surface area contributed by atoms with Crippen LogP contribution >= 0.6 is 15.9 Å². The number of aromatic carboxylic acids is 1. The molecule has 0 aliphatic carbocycles. The zero-order valence-electron chi connectivity index (χ0n) is 10.4. The van der Waals surface area contributed by atoms with E-state index >= 15 is 0 Å². The number of pyridine rings is 1. The number of rotatable bonds is 2. The summed E-state index contributed by atoms with van der Waals surface area (Å²) in [5.74, 6) is -0.949. The van der Waals surface area contributed by atoms with Gasteiger partial charge in [-0.3, -0.25) is 0 Å². The number of carboxylic acids is 1. The summed E-state index contributed by atoms with van der Waals surface area (Å²) in [4.78, 5) is 15.6. The summed E-state index contributed by atoms with van der Waals surface area (Å²) in [6, 6.07) is 17.0. The second kappa shape index (κ2) is 5.06. The Balaban J connectivity index is 2.11. The molecule has 0 atom stereocenters. The Morgan fingerprint density at radius 2 is 1.85 bits per heavy atom. The maximum atomic E-state index is 11.0. The predicted octanol–water partition coefficient (Wildman–Crippen LogP) is 4.36. The van der Waals surface area contributed by atoms with Crippen molar-refractivity contribution >= 4 is 32.8 Å². The van der Waals surface area contributed by atoms with Crippen molar-refractivity contribution in [2.24, 2.45) is 0 Å². The molecule has 3 aromatic rings. The van der Waals surface area contributed by atoms with Crippen LogP contribution in [0.15, 0.2) is 59.1 Å². The number of para-hydroxylation sites is 1. The van der Waals surface area contributed by atoms with Gasteiger partial charge in [0.2, 0.25) is 0 Å². The highest BCUT2D eigenvalue weighted by atomic mass is 79.9. The molecule has 0 radical (unpaired) electrons. The second-order valence-corrected chi connectivity index (χ2v) is 5.24. The Morgan fingerprint density at radius 3 is 2.60 bits per heavy atom. The summed E-state index contributed by atoms with van der Waals surface area (Å²) in [7, 11) is 0. The Hall–Kier alpha value is -2.20. The molecule has 0 aliphatic rings. The van der Waals surface area contributed by atoms with Crippen LogP contribution in [0.5, 0.6) is 0 Å². The predicted molar refractivity (Wildman–Crippen MR) is 81.8 cm³/mol. The molecule has 0 spiro atoms. The third-order valence-electron chi connectivity index (χ3n) is 3.09. The van der Waals surface area contributed by atoms with Gasteiger partial charge in [-0.25, -0.2) is 9.78 Å². The Bertz CT molecular complexity index is 814. The summed E-state index contributed by atoms with van der Waals surface area (Å²) in [6.45, 7) is 0. The molecule has 0 aliphatic heterocycles. The van der Waals surface area contributed by atoms with Gasteiger partial charge < -0.3 is 5.11 Å². The van der Waals surface area contributed by atoms with Crippen molar-refractivity contribution in [1.82, 2.24) is 4.98 Å². The summed E-state index contributed by atoms with van der Waals surface area (Å²) < 4.78 is 0.553. The third kappa shape index (κ3) is 2.30. The van der Waals surface area contributed by atoms with E-state index in [1.54, 1.807) is 18.2 Å². The molecule has 1 N–H and O–H groups in total. The average Bonchev–Trinajstić information content (AvgIpc) is 2.46. The molecule has 0 unspecified atom stereocenters. The first kappa shape index (κ1) is 12.8. The molecule has 3 rings (SSSR count). The third-order valence-corrected chi connectivity index (χ3v) is 3.75. The molecule has 0 fully saturated rings. The van der Waals surface area contributed by atoms with Gasteiger partial charge in [0, 0.05) is 15.4 Å². The van der Waals surface area contributed by atoms with Crippen LogP contribution in [0.4, 0.5) is 0 Å². The highest BCUT2D eigenvalue weighted by Gasteiger charge is 2.10. The van der Waals surface area contributed by atoms with Crippen molar-refractivity contribution in [3.63, 3.8) is 0 Å². The summed E-state index contributed by atoms with van der Waals surface area (Å²) in [6.07, 6.45) is 0. The molecule has 1 heterocycles. The van der Waals surface area contributed by atoms with Crippen molar-refractivity contribution in [1.29, 1.82) is 0 Å². The normalized spacial score (nSPS) is 10.7. The Kier molecular flexibility index (Phi) is 3.24. The van der Waals surface area contributed by atoms with E-state index in [2.05, 4.69) is 20.9 Å². The summed E-state index contributed by atoms with van der Waals surface area (Å²) in [5, 5.41) is 10.1. The minimum Gasteiger partial charge on any atom is -0.478 e. The van der Waals surface area contributed by atoms with Crippen LogP contribution in [0, 0.1) is 0 Å². The maximum absolute atomic E-state index is 11.0. The van der Waals surface area contributed by atoms with Crippen molar-refractivity contribution in [3.05, 3.63) is 64.6 Å². The van der Waals surface area contributed by atoms with Crippen LogP contribution in [0.1, 0.15) is 10.4 Å². The first-order valence-corrected chi connectivity index (χ1v) is 6.83. The number of hydrogen-bond acceptors (Lipinski definition) is 2. The van der Waals surface area contributed by atoms with E-state index in [0.717, 1.165) is 22.2 Å². The van der Waals surface area contributed by atoms with Crippen molar-refractivity contribution in [2.75, 3.05) is 0 Å². The zero-order valence-corrected chi connectivity index (χ0v) is 12.0. The van der Waals surface area contributed by atoms with Gasteiger partial charge in [0.15, 0.2) is 0 Å². The molecule has 20 heavy (non-hydrogen) atoms. The monoisotopic (exact) mass is 327 g/mol. The van der Waals surface area contributed by atoms with Gasteiger partial charge in [0.1, 0.15) is 0 Å². The van der Waals surface area contributed by atoms with Crippen LogP contribution in [0.3, 0.4) is 0 Å². The highest BCUT2D eigenvalue weighted by Crippen LogP contribution is 2.26. The van der Waals surface area contributed by atoms with E-state index in [9.17, 15) is 4.79 Å². The number of halogens is 1. The maximum Gasteiger partial charge on any atom is 0.336 e. The topological polar surface area (TPSA) is 50.2 Å². The lowest BCUT2D eigenvalue weighted by Crippen LogP contribution is -1.97. The van der Waals surface area contributed by atoms with Gasteiger partial charge in [-0.1, -0.05) is 30.3 Å². The van der Waals surface area contributed by atoms with Crippen molar-refractivity contribution < 1.29 is 9.90 Å². The Morgan fingerprint density at radius 1 is 1.05 bits per heavy atom. The molecule has 1 aromatic heterocycles. The fourth-order valence-electron chi connectivity index (χ4n) is 2.07. The van der Waals surface area contributed by atoms with Gasteiger partial charge >= 0.3 is 5.97 Å². The quantitative estimate of drug-likeness (QED) is 0.760. The van der Waals surface area contributed by atoms with E-state index < -0.39 is 5.97 Å². The number of benzene rings is 2. The van der Waals surface area contributed by atoms with Gasteiger partial charge in [-0.15, -0.1) is 0 Å². The summed E-state index contributed by atoms with van der Waals surface area (Å²) in [5.41, 5.74) is 2.87. The Labute approximate surface area is 124 Å². The van der Waals surface area contributed by atoms with E-state index in [0.29, 0.717) is 4.47 Å². The lowest BCUT2D eigenvalue weighted by molar-refractivity contribution is 0.0696. The number of hydrogen-bond donors (Lipinski definition) is 1. The van der Waals surface area contributed by atoms with Crippen molar-refractivity contribution in [3.8, 4) is 11.3 Å². The minimum atomic E-state index is -0.949. The van der Waals surface area contributed by atoms with Crippen LogP contribution in [0.2, 0.25) is 0 Å². The second-order valence-electron chi connectivity index (χ2n) is 4.39. The number of fused-ring (bicyclic) bond motifs is 1. The molecular formula is C16H10BrNO2. The van der Waals surface area contributed by atoms with Gasteiger partial charge in [0.05, 0.1) is 16.8 Å². The molecule has 0 saturated heterocycles. The van der Waals surface area contributed by atoms with E-state index in [1.165, 1.54) is 0 Å². The van der Waals surface area contributed by atoms with E-state index in [-0.39, 0.29) is 5.56 Å². The number of aromatic nitrogens is 1. The van der Waals surface area contributed by atoms with Gasteiger partial charge in [-0.05, 0) is 40.2 Å². The first-order chi connectivity index (χ1) is 9.65. The molecule has 98 valence electrons. The summed E-state index contributed by atoms with van der Waals surface area (Å²) >= 11 is 3.29. The van der Waals surface area contributed by atoms with E-state index in [4.69, 9.17) is 5.11 Å². The van der Waals surface area contributed by atoms with Crippen LogP contribution < -0.4 is 0 Å². The van der Waals surface area contributed by atoms with Crippen molar-refractivity contribution in [2.45, 2.75) is 0 Å². The lowest BCUT2D eigenvalue weighted by Gasteiger charge is -2.05. The van der Waals surface area contributed by atoms with Crippen LogP contribution in [0.25, 0.3) is 22.2 Å². The number of carbonyl (C=O) groups is 1. The fraction of sp³-hybridized carbons (Fsp3) is 0. The largest absolute Gasteiger partial charge is 0.478 e. The SMILES string of the molecule is O=C(O)c1ccc(-c2ccc3ccccc3n2)cc1Br.